The number of rotatable bonds is 3. The lowest BCUT2D eigenvalue weighted by Crippen LogP contribution is -2.29. The van der Waals surface area contributed by atoms with Gasteiger partial charge in [0.15, 0.2) is 5.71 Å². The number of benzene rings is 5. The third-order valence-electron chi connectivity index (χ3n) is 10.5. The molecule has 0 spiro atoms. The van der Waals surface area contributed by atoms with Gasteiger partial charge in [0.2, 0.25) is 11.2 Å². The van der Waals surface area contributed by atoms with Gasteiger partial charge in [-0.1, -0.05) is 90.2 Å². The van der Waals surface area contributed by atoms with E-state index >= 15 is 0 Å². The third-order valence-corrected chi connectivity index (χ3v) is 11.7. The molecule has 0 bridgehead atoms. The maximum absolute atomic E-state index is 2.32. The van der Waals surface area contributed by atoms with Gasteiger partial charge in [-0.05, 0) is 54.3 Å². The van der Waals surface area contributed by atoms with Crippen molar-refractivity contribution >= 4 is 66.4 Å². The molecule has 2 aromatic heterocycles. The summed E-state index contributed by atoms with van der Waals surface area (Å²) in [6.07, 6.45) is 12.2. The maximum Gasteiger partial charge on any atom is 0.263 e. The molecule has 0 atom stereocenters. The van der Waals surface area contributed by atoms with Crippen LogP contribution in [-0.2, 0) is 25.9 Å². The minimum Gasteiger partial charge on any atom is -0.350 e. The van der Waals surface area contributed by atoms with Crippen molar-refractivity contribution in [1.82, 2.24) is 4.57 Å². The molecule has 2 aliphatic heterocycles. The Balaban J connectivity index is 0.000000142. The van der Waals surface area contributed by atoms with Crippen LogP contribution in [0.2, 0.25) is 0 Å². The van der Waals surface area contributed by atoms with Gasteiger partial charge >= 0.3 is 0 Å². The summed E-state index contributed by atoms with van der Waals surface area (Å²) in [6.45, 7) is 4.61. The Morgan fingerprint density at radius 3 is 2.41 bits per heavy atom. The van der Waals surface area contributed by atoms with Crippen LogP contribution in [0.3, 0.4) is 0 Å². The van der Waals surface area contributed by atoms with E-state index in [4.69, 9.17) is 0 Å². The zero-order valence-electron chi connectivity index (χ0n) is 29.1. The molecule has 5 aromatic carbocycles. The highest BCUT2D eigenvalue weighted by molar-refractivity contribution is 7.18. The van der Waals surface area contributed by atoms with Crippen molar-refractivity contribution in [3.05, 3.63) is 155 Å². The molecule has 0 unspecified atom stereocenters. The van der Waals surface area contributed by atoms with Crippen molar-refractivity contribution in [2.24, 2.45) is 14.1 Å². The molecule has 0 aliphatic carbocycles. The Bertz CT molecular complexity index is 2560. The van der Waals surface area contributed by atoms with Gasteiger partial charge in [-0.15, -0.1) is 0 Å². The molecular formula is C44H42N4S+2. The zero-order valence-corrected chi connectivity index (χ0v) is 29.9. The molecule has 0 radical (unpaired) electrons. The fraction of sp³-hybridized carbons (Fsp3) is 0.182. The van der Waals surface area contributed by atoms with Gasteiger partial charge in [-0.2, -0.15) is 9.14 Å². The number of hydrogen-bond acceptors (Lipinski definition) is 2. The Morgan fingerprint density at radius 2 is 1.59 bits per heavy atom. The summed E-state index contributed by atoms with van der Waals surface area (Å²) < 4.78 is 8.13. The first-order valence-electron chi connectivity index (χ1n) is 17.0. The number of aryl methyl sites for hydroxylation is 2. The van der Waals surface area contributed by atoms with E-state index in [0.717, 1.165) is 6.42 Å². The number of aromatic nitrogens is 2. The van der Waals surface area contributed by atoms with Crippen LogP contribution in [0, 0.1) is 0 Å². The third kappa shape index (κ3) is 5.21. The predicted octanol–water partition coefficient (Wildman–Crippen LogP) is 8.74. The normalized spacial score (nSPS) is 16.4. The summed E-state index contributed by atoms with van der Waals surface area (Å²) in [5.41, 5.74) is 10.7. The van der Waals surface area contributed by atoms with E-state index in [9.17, 15) is 0 Å². The van der Waals surface area contributed by atoms with Gasteiger partial charge in [-0.25, -0.2) is 0 Å². The Labute approximate surface area is 292 Å². The highest BCUT2D eigenvalue weighted by Gasteiger charge is 2.42. The van der Waals surface area contributed by atoms with Crippen molar-refractivity contribution in [3.63, 3.8) is 0 Å². The molecule has 7 aromatic rings. The van der Waals surface area contributed by atoms with Gasteiger partial charge in [0.1, 0.15) is 18.8 Å². The lowest BCUT2D eigenvalue weighted by molar-refractivity contribution is -0.642. The molecular weight excluding hydrogens is 617 g/mol. The number of thiazole rings is 1. The van der Waals surface area contributed by atoms with Crippen LogP contribution in [-0.4, -0.2) is 28.9 Å². The van der Waals surface area contributed by atoms with E-state index in [2.05, 4.69) is 194 Å². The Morgan fingerprint density at radius 1 is 0.816 bits per heavy atom. The predicted molar refractivity (Wildman–Crippen MR) is 208 cm³/mol. The fourth-order valence-corrected chi connectivity index (χ4v) is 8.90. The molecule has 2 aliphatic rings. The highest BCUT2D eigenvalue weighted by atomic mass is 32.1. The van der Waals surface area contributed by atoms with Crippen molar-refractivity contribution in [3.8, 4) is 0 Å². The second kappa shape index (κ2) is 12.0. The van der Waals surface area contributed by atoms with E-state index in [1.165, 1.54) is 76.0 Å². The second-order valence-electron chi connectivity index (χ2n) is 13.8. The molecule has 242 valence electrons. The van der Waals surface area contributed by atoms with Crippen molar-refractivity contribution in [1.29, 1.82) is 0 Å². The average molecular weight is 659 g/mol. The number of hydrogen-bond donors (Lipinski definition) is 0. The standard InChI is InChI=1S/C23H25N2.C21H17N2S/c1-23(2)19-12-6-8-14-21(19)25(4)22(23)15-9-11-18-16-17-10-5-7-13-20(17)24(18)3;1-22-13-15-11-10-14(16-6-5-8-18(22)21(15)16)12-20-23(2)17-7-3-4-9-19(17)24-20/h5-15H,16H2,1-4H3;3-13H,1-2H3/q2*+1. The number of nitrogens with zero attached hydrogens (tertiary/aromatic N) is 4. The van der Waals surface area contributed by atoms with Crippen LogP contribution < -0.4 is 14.7 Å². The fourth-order valence-electron chi connectivity index (χ4n) is 7.80. The SMILES string of the molecule is CN1C(=CC=CC2=[N+](C)c3ccccc3C2(C)C)Cc2ccccc21.Cn1cc2ccc(=Cc3sc4ccccc4[n+]3C)c3cccc1c23. The Kier molecular flexibility index (Phi) is 7.61. The number of fused-ring (bicyclic) bond motifs is 3. The van der Waals surface area contributed by atoms with E-state index in [1.54, 1.807) is 0 Å². The smallest absolute Gasteiger partial charge is 0.263 e. The molecule has 0 N–H and O–H groups in total. The van der Waals surface area contributed by atoms with E-state index in [-0.39, 0.29) is 5.41 Å². The summed E-state index contributed by atoms with van der Waals surface area (Å²) in [4.78, 5) is 2.29. The molecule has 4 heterocycles. The molecule has 0 saturated carbocycles. The topological polar surface area (TPSA) is 15.1 Å². The second-order valence-corrected chi connectivity index (χ2v) is 14.8. The van der Waals surface area contributed by atoms with Crippen LogP contribution in [0.1, 0.15) is 30.0 Å². The molecule has 5 heteroatoms. The van der Waals surface area contributed by atoms with Crippen LogP contribution >= 0.6 is 11.3 Å². The molecule has 0 saturated heterocycles. The lowest BCUT2D eigenvalue weighted by atomic mass is 9.81. The summed E-state index contributed by atoms with van der Waals surface area (Å²) >= 11 is 1.84. The number of likely N-dealkylation sites (N-methyl/N-ethyl adjacent to an activating group) is 1. The summed E-state index contributed by atoms with van der Waals surface area (Å²) in [7, 11) is 8.58. The number of allylic oxidation sites excluding steroid dienone is 4. The maximum atomic E-state index is 2.32. The van der Waals surface area contributed by atoms with Gasteiger partial charge in [0.25, 0.3) is 5.01 Å². The highest BCUT2D eigenvalue weighted by Crippen LogP contribution is 2.39. The van der Waals surface area contributed by atoms with Crippen LogP contribution in [0.15, 0.2) is 133 Å². The first-order chi connectivity index (χ1) is 23.7. The van der Waals surface area contributed by atoms with Gasteiger partial charge in [0.05, 0.1) is 5.41 Å². The van der Waals surface area contributed by atoms with Crippen LogP contribution in [0.4, 0.5) is 11.4 Å². The zero-order chi connectivity index (χ0) is 33.9. The molecule has 4 nitrogen and oxygen atoms in total. The largest absolute Gasteiger partial charge is 0.350 e. The number of para-hydroxylation sites is 3. The summed E-state index contributed by atoms with van der Waals surface area (Å²) in [5.74, 6) is 0. The summed E-state index contributed by atoms with van der Waals surface area (Å²) in [5, 5.41) is 6.54. The molecule has 0 amide bonds. The van der Waals surface area contributed by atoms with Crippen molar-refractivity contribution in [2.45, 2.75) is 25.7 Å². The lowest BCUT2D eigenvalue weighted by Gasteiger charge is -2.15. The first-order valence-corrected chi connectivity index (χ1v) is 17.8. The van der Waals surface area contributed by atoms with Crippen molar-refractivity contribution in [2.75, 3.05) is 19.0 Å². The Hall–Kier alpha value is -5.26. The van der Waals surface area contributed by atoms with E-state index in [0.29, 0.717) is 0 Å². The summed E-state index contributed by atoms with van der Waals surface area (Å²) in [6, 6.07) is 37.0. The first kappa shape index (κ1) is 31.0. The molecule has 9 rings (SSSR count). The monoisotopic (exact) mass is 658 g/mol. The van der Waals surface area contributed by atoms with Gasteiger partial charge in [-0.3, -0.25) is 0 Å². The molecule has 49 heavy (non-hydrogen) atoms. The average Bonchev–Trinajstić information content (AvgIpc) is 3.79. The van der Waals surface area contributed by atoms with Crippen molar-refractivity contribution < 1.29 is 9.14 Å². The van der Waals surface area contributed by atoms with Gasteiger partial charge in [0, 0.05) is 84.2 Å². The minimum absolute atomic E-state index is 0.0326. The van der Waals surface area contributed by atoms with E-state index < -0.39 is 0 Å². The minimum atomic E-state index is 0.0326. The van der Waals surface area contributed by atoms with Crippen LogP contribution in [0.25, 0.3) is 38.0 Å². The van der Waals surface area contributed by atoms with Gasteiger partial charge < -0.3 is 9.47 Å². The quantitative estimate of drug-likeness (QED) is 0.173. The molecule has 0 fully saturated rings. The van der Waals surface area contributed by atoms with E-state index in [1.807, 2.05) is 11.3 Å². The van der Waals surface area contributed by atoms with Crippen LogP contribution in [0.5, 0.6) is 0 Å². The number of anilines is 1.